The number of carbonyl (C=O) groups is 1. The van der Waals surface area contributed by atoms with E-state index in [-0.39, 0.29) is 11.4 Å². The minimum absolute atomic E-state index is 0.0324. The molecule has 0 unspecified atom stereocenters. The Kier molecular flexibility index (Phi) is 2.17. The Bertz CT molecular complexity index is 444. The molecule has 0 spiro atoms. The molecule has 0 aromatic carbocycles. The predicted octanol–water partition coefficient (Wildman–Crippen LogP) is -0.208. The zero-order chi connectivity index (χ0) is 10.2. The van der Waals surface area contributed by atoms with Crippen LogP contribution in [0.2, 0.25) is 0 Å². The van der Waals surface area contributed by atoms with E-state index in [9.17, 15) is 13.2 Å². The average molecular weight is 202 g/mol. The lowest BCUT2D eigenvalue weighted by molar-refractivity contribution is 0.107. The number of carbonyl (C=O) groups excluding carboxylic acids is 1. The fourth-order valence-corrected chi connectivity index (χ4v) is 1.49. The van der Waals surface area contributed by atoms with E-state index >= 15 is 0 Å². The second-order valence-corrected chi connectivity index (χ2v) is 4.70. The molecule has 0 saturated carbocycles. The molecule has 0 atom stereocenters. The van der Waals surface area contributed by atoms with Crippen molar-refractivity contribution in [2.24, 2.45) is 7.05 Å². The summed E-state index contributed by atoms with van der Waals surface area (Å²) >= 11 is 0. The van der Waals surface area contributed by atoms with E-state index in [1.165, 1.54) is 16.8 Å². The maximum Gasteiger partial charge on any atom is 0.280 e. The molecule has 1 heterocycles. The standard InChI is InChI=1S/C7H10N2O3S/c1-9-4-3-5(6(9)8)7(10)13(2,11)12/h3-4H,8H2,1-2H3. The van der Waals surface area contributed by atoms with E-state index in [0.717, 1.165) is 6.26 Å². The van der Waals surface area contributed by atoms with Gasteiger partial charge in [-0.15, -0.1) is 0 Å². The lowest BCUT2D eigenvalue weighted by Crippen LogP contribution is -2.14. The van der Waals surface area contributed by atoms with Crippen molar-refractivity contribution in [3.8, 4) is 0 Å². The highest BCUT2D eigenvalue weighted by molar-refractivity contribution is 8.06. The molecular weight excluding hydrogens is 192 g/mol. The number of hydrogen-bond acceptors (Lipinski definition) is 4. The summed E-state index contributed by atoms with van der Waals surface area (Å²) in [5.41, 5.74) is 5.51. The first-order chi connectivity index (χ1) is 5.84. The van der Waals surface area contributed by atoms with Crippen molar-refractivity contribution in [3.63, 3.8) is 0 Å². The fourth-order valence-electron chi connectivity index (χ4n) is 0.914. The smallest absolute Gasteiger partial charge is 0.280 e. The summed E-state index contributed by atoms with van der Waals surface area (Å²) in [5.74, 6) is 0.162. The highest BCUT2D eigenvalue weighted by atomic mass is 32.2. The normalized spacial score (nSPS) is 11.5. The Hall–Kier alpha value is -1.30. The van der Waals surface area contributed by atoms with E-state index in [2.05, 4.69) is 0 Å². The molecule has 0 amide bonds. The fraction of sp³-hybridized carbons (Fsp3) is 0.286. The molecule has 1 rings (SSSR count). The van der Waals surface area contributed by atoms with Gasteiger partial charge in [-0.2, -0.15) is 0 Å². The van der Waals surface area contributed by atoms with Crippen molar-refractivity contribution < 1.29 is 13.2 Å². The molecule has 72 valence electrons. The molecule has 0 saturated heterocycles. The van der Waals surface area contributed by atoms with Crippen LogP contribution in [0, 0.1) is 0 Å². The first kappa shape index (κ1) is 9.79. The molecule has 0 fully saturated rings. The van der Waals surface area contributed by atoms with E-state index in [4.69, 9.17) is 5.73 Å². The summed E-state index contributed by atoms with van der Waals surface area (Å²) in [7, 11) is -2.06. The van der Waals surface area contributed by atoms with Crippen molar-refractivity contribution in [2.45, 2.75) is 0 Å². The predicted molar refractivity (Wildman–Crippen MR) is 49.0 cm³/mol. The Morgan fingerprint density at radius 3 is 2.38 bits per heavy atom. The summed E-state index contributed by atoms with van der Waals surface area (Å²) in [6, 6.07) is 1.39. The summed E-state index contributed by atoms with van der Waals surface area (Å²) in [6.45, 7) is 0. The first-order valence-electron chi connectivity index (χ1n) is 3.49. The van der Waals surface area contributed by atoms with Crippen LogP contribution >= 0.6 is 0 Å². The molecular formula is C7H10N2O3S. The topological polar surface area (TPSA) is 82.2 Å². The number of nitrogens with two attached hydrogens (primary N) is 1. The van der Waals surface area contributed by atoms with Crippen molar-refractivity contribution in [1.82, 2.24) is 4.57 Å². The number of aryl methyl sites for hydroxylation is 1. The second kappa shape index (κ2) is 2.88. The lowest BCUT2D eigenvalue weighted by Gasteiger charge is -1.98. The van der Waals surface area contributed by atoms with Gasteiger partial charge in [0.05, 0.1) is 5.56 Å². The molecule has 0 radical (unpaired) electrons. The molecule has 0 aliphatic carbocycles. The van der Waals surface area contributed by atoms with E-state index in [1.807, 2.05) is 0 Å². The second-order valence-electron chi connectivity index (χ2n) is 2.79. The summed E-state index contributed by atoms with van der Waals surface area (Å²) < 4.78 is 23.2. The highest BCUT2D eigenvalue weighted by Gasteiger charge is 2.21. The van der Waals surface area contributed by atoms with Crippen LogP contribution in [-0.2, 0) is 16.9 Å². The van der Waals surface area contributed by atoms with Gasteiger partial charge in [0, 0.05) is 19.5 Å². The molecule has 2 N–H and O–H groups in total. The number of rotatable bonds is 1. The molecule has 1 aromatic heterocycles. The van der Waals surface area contributed by atoms with Crippen LogP contribution in [0.15, 0.2) is 12.3 Å². The van der Waals surface area contributed by atoms with Crippen LogP contribution < -0.4 is 5.73 Å². The van der Waals surface area contributed by atoms with Crippen LogP contribution in [0.4, 0.5) is 5.82 Å². The van der Waals surface area contributed by atoms with Gasteiger partial charge >= 0.3 is 0 Å². The van der Waals surface area contributed by atoms with Crippen molar-refractivity contribution in [2.75, 3.05) is 12.0 Å². The van der Waals surface area contributed by atoms with Gasteiger partial charge in [0.1, 0.15) is 5.82 Å². The summed E-state index contributed by atoms with van der Waals surface area (Å²) in [6.07, 6.45) is 2.40. The molecule has 6 heteroatoms. The van der Waals surface area contributed by atoms with Gasteiger partial charge in [-0.25, -0.2) is 8.42 Å². The first-order valence-corrected chi connectivity index (χ1v) is 5.38. The number of anilines is 1. The average Bonchev–Trinajstić information content (AvgIpc) is 2.30. The Labute approximate surface area is 76.1 Å². The van der Waals surface area contributed by atoms with Crippen LogP contribution in [-0.4, -0.2) is 24.4 Å². The third-order valence-corrected chi connectivity index (χ3v) is 2.57. The Morgan fingerprint density at radius 1 is 1.54 bits per heavy atom. The molecule has 13 heavy (non-hydrogen) atoms. The SMILES string of the molecule is Cn1ccc(C(=O)S(C)(=O)=O)c1N. The van der Waals surface area contributed by atoms with Gasteiger partial charge in [-0.1, -0.05) is 0 Å². The molecule has 0 aliphatic heterocycles. The minimum Gasteiger partial charge on any atom is -0.384 e. The van der Waals surface area contributed by atoms with Crippen LogP contribution in [0.25, 0.3) is 0 Å². The number of nitrogen functional groups attached to an aromatic ring is 1. The van der Waals surface area contributed by atoms with Crippen molar-refractivity contribution >= 4 is 20.8 Å². The van der Waals surface area contributed by atoms with Crippen LogP contribution in [0.5, 0.6) is 0 Å². The maximum absolute atomic E-state index is 11.2. The highest BCUT2D eigenvalue weighted by Crippen LogP contribution is 2.14. The number of nitrogens with zero attached hydrogens (tertiary/aromatic N) is 1. The number of hydrogen-bond donors (Lipinski definition) is 1. The third-order valence-electron chi connectivity index (χ3n) is 1.68. The van der Waals surface area contributed by atoms with Gasteiger partial charge in [-0.3, -0.25) is 4.79 Å². The molecule has 0 bridgehead atoms. The van der Waals surface area contributed by atoms with Crippen molar-refractivity contribution in [3.05, 3.63) is 17.8 Å². The summed E-state index contributed by atoms with van der Waals surface area (Å²) in [4.78, 5) is 11.2. The molecule has 0 aliphatic rings. The maximum atomic E-state index is 11.2. The van der Waals surface area contributed by atoms with Gasteiger partial charge in [0.2, 0.25) is 9.84 Å². The van der Waals surface area contributed by atoms with E-state index < -0.39 is 15.0 Å². The monoisotopic (exact) mass is 202 g/mol. The summed E-state index contributed by atoms with van der Waals surface area (Å²) in [5, 5.41) is -0.939. The Morgan fingerprint density at radius 2 is 2.08 bits per heavy atom. The van der Waals surface area contributed by atoms with Crippen LogP contribution in [0.1, 0.15) is 10.4 Å². The quantitative estimate of drug-likeness (QED) is 0.683. The third kappa shape index (κ3) is 1.72. The lowest BCUT2D eigenvalue weighted by atomic mass is 10.3. The van der Waals surface area contributed by atoms with Crippen LogP contribution in [0.3, 0.4) is 0 Å². The van der Waals surface area contributed by atoms with E-state index in [1.54, 1.807) is 7.05 Å². The van der Waals surface area contributed by atoms with Gasteiger partial charge in [0.15, 0.2) is 0 Å². The zero-order valence-corrected chi connectivity index (χ0v) is 8.13. The zero-order valence-electron chi connectivity index (χ0n) is 7.31. The number of aromatic nitrogens is 1. The van der Waals surface area contributed by atoms with E-state index in [0.29, 0.717) is 0 Å². The molecule has 1 aromatic rings. The number of sulfone groups is 1. The minimum atomic E-state index is -3.70. The van der Waals surface area contributed by atoms with Gasteiger partial charge in [0.25, 0.3) is 5.12 Å². The Balaban J connectivity index is 3.26. The van der Waals surface area contributed by atoms with Gasteiger partial charge < -0.3 is 10.3 Å². The largest absolute Gasteiger partial charge is 0.384 e. The molecule has 5 nitrogen and oxygen atoms in total. The van der Waals surface area contributed by atoms with Gasteiger partial charge in [-0.05, 0) is 6.07 Å². The van der Waals surface area contributed by atoms with Crippen molar-refractivity contribution in [1.29, 1.82) is 0 Å².